The number of nitrogens with zero attached hydrogens (tertiary/aromatic N) is 2. The van der Waals surface area contributed by atoms with E-state index in [1.807, 2.05) is 0 Å². The van der Waals surface area contributed by atoms with Crippen LogP contribution in [-0.2, 0) is 20.9 Å². The minimum atomic E-state index is -1.23. The molecule has 1 unspecified atom stereocenters. The van der Waals surface area contributed by atoms with Crippen molar-refractivity contribution in [3.63, 3.8) is 0 Å². The van der Waals surface area contributed by atoms with Crippen molar-refractivity contribution in [2.45, 2.75) is 26.4 Å². The topological polar surface area (TPSA) is 142 Å². The Bertz CT molecular complexity index is 713. The van der Waals surface area contributed by atoms with E-state index < -0.39 is 42.3 Å². The summed E-state index contributed by atoms with van der Waals surface area (Å²) in [7, 11) is 0. The summed E-state index contributed by atoms with van der Waals surface area (Å²) in [4.78, 5) is 59.3. The van der Waals surface area contributed by atoms with Gasteiger partial charge >= 0.3 is 11.7 Å². The van der Waals surface area contributed by atoms with E-state index in [0.29, 0.717) is 0 Å². The molecule has 2 amide bonds. The van der Waals surface area contributed by atoms with E-state index >= 15 is 0 Å². The summed E-state index contributed by atoms with van der Waals surface area (Å²) >= 11 is 0. The van der Waals surface area contributed by atoms with Gasteiger partial charge in [-0.25, -0.2) is 4.79 Å². The van der Waals surface area contributed by atoms with Crippen LogP contribution in [0.15, 0.2) is 15.8 Å². The van der Waals surface area contributed by atoms with Gasteiger partial charge in [-0.2, -0.15) is 6.41 Å². The molecule has 138 valence electrons. The quantitative estimate of drug-likeness (QED) is 0.235. The van der Waals surface area contributed by atoms with Crippen molar-refractivity contribution in [2.75, 3.05) is 13.1 Å². The fourth-order valence-corrected chi connectivity index (χ4v) is 1.88. The summed E-state index contributed by atoms with van der Waals surface area (Å²) in [5.74, 6) is -1.87. The Labute approximate surface area is 130 Å². The molecule has 1 aromatic rings. The number of amides is 2. The SMILES string of the molecule is Cc1cn(CC(=O)N(CC(=O)O)CC(C)N[C-]=O)c(=O)[nH]c1=O.[Fm]. The van der Waals surface area contributed by atoms with E-state index in [2.05, 4.69) is 10.3 Å². The van der Waals surface area contributed by atoms with Gasteiger partial charge in [-0.3, -0.25) is 23.9 Å². The number of rotatable bonds is 8. The predicted octanol–water partition coefficient (Wildman–Crippen LogP) is -2.20. The summed E-state index contributed by atoms with van der Waals surface area (Å²) in [6, 6.07) is -0.509. The maximum Gasteiger partial charge on any atom is 0.328 e. The molecule has 24 heavy (non-hydrogen) atoms. The normalized spacial score (nSPS) is 11.1. The molecule has 3 N–H and O–H groups in total. The average molecular weight is 582 g/mol. The second-order valence-corrected chi connectivity index (χ2v) is 5.01. The molecular weight excluding hydrogens is 565 g/mol. The van der Waals surface area contributed by atoms with Crippen LogP contribution in [0.5, 0.6) is 0 Å². The number of hydrogen-bond donors (Lipinski definition) is 3. The standard InChI is InChI=1S/C13H17N4O6.Fm/c1-8-3-17(13(23)15-12(8)22)5-10(19)16(6-11(20)21)4-9(2)14-7-18;/h3,9H,4-6H2,1-2H3,(H,14,18)(H,20,21)(H,15,22,23);/q-1;. The average Bonchev–Trinajstić information content (AvgIpc) is 2.43. The maximum atomic E-state index is 12.2. The second-order valence-electron chi connectivity index (χ2n) is 5.01. The molecule has 0 spiro atoms. The molecule has 0 aliphatic heterocycles. The van der Waals surface area contributed by atoms with Gasteiger partial charge in [-0.1, -0.05) is 0 Å². The van der Waals surface area contributed by atoms with E-state index in [-0.39, 0.29) is 12.1 Å². The van der Waals surface area contributed by atoms with E-state index in [1.54, 1.807) is 6.92 Å². The number of aliphatic carboxylic acids is 1. The third-order valence-corrected chi connectivity index (χ3v) is 2.97. The van der Waals surface area contributed by atoms with Crippen molar-refractivity contribution in [1.82, 2.24) is 19.8 Å². The zero-order valence-corrected chi connectivity index (χ0v) is 15.4. The van der Waals surface area contributed by atoms with Crippen LogP contribution in [0, 0.1) is 6.92 Å². The van der Waals surface area contributed by atoms with Crippen molar-refractivity contribution >= 4 is 18.3 Å². The monoisotopic (exact) mass is 582 g/mol. The Balaban J connectivity index is 0.00000529. The van der Waals surface area contributed by atoms with Gasteiger partial charge < -0.3 is 20.1 Å². The summed E-state index contributed by atoms with van der Waals surface area (Å²) in [6.45, 7) is 1.98. The van der Waals surface area contributed by atoms with Gasteiger partial charge in [0.25, 0.3) is 5.56 Å². The number of H-pyrrole nitrogens is 1. The van der Waals surface area contributed by atoms with Crippen LogP contribution in [0.4, 0.5) is 0 Å². The maximum absolute atomic E-state index is 12.2. The zero-order valence-electron chi connectivity index (χ0n) is 12.9. The number of nitrogens with one attached hydrogen (secondary N) is 2. The number of carboxylic acid groups (broad SMARTS) is 1. The first kappa shape index (κ1) is 20.1. The molecule has 10 nitrogen and oxygen atoms in total. The van der Waals surface area contributed by atoms with Crippen LogP contribution in [0.25, 0.3) is 0 Å². The number of carboxylic acids is 1. The molecule has 1 atom stereocenters. The molecule has 0 aromatic carbocycles. The minimum Gasteiger partial charge on any atom is -0.526 e. The first-order valence-corrected chi connectivity index (χ1v) is 6.67. The van der Waals surface area contributed by atoms with E-state index in [9.17, 15) is 24.0 Å². The Kier molecular flexibility index (Phi) is 7.13. The van der Waals surface area contributed by atoms with Crippen LogP contribution in [0.1, 0.15) is 12.5 Å². The summed E-state index contributed by atoms with van der Waals surface area (Å²) < 4.78 is 0.984. The van der Waals surface area contributed by atoms with Gasteiger partial charge in [-0.15, -0.1) is 0 Å². The Morgan fingerprint density at radius 3 is 2.62 bits per heavy atom. The van der Waals surface area contributed by atoms with Gasteiger partial charge in [0.2, 0.25) is 5.91 Å². The largest absolute Gasteiger partial charge is 0.526 e. The van der Waals surface area contributed by atoms with E-state index in [0.717, 1.165) is 9.47 Å². The fourth-order valence-electron chi connectivity index (χ4n) is 1.88. The Morgan fingerprint density at radius 2 is 2.08 bits per heavy atom. The van der Waals surface area contributed by atoms with E-state index in [4.69, 9.17) is 5.11 Å². The van der Waals surface area contributed by atoms with Crippen molar-refractivity contribution in [3.05, 3.63) is 32.6 Å². The predicted molar refractivity (Wildman–Crippen MR) is 78.6 cm³/mol. The molecule has 0 fully saturated rings. The van der Waals surface area contributed by atoms with Crippen molar-refractivity contribution in [1.29, 1.82) is 0 Å². The first-order valence-electron chi connectivity index (χ1n) is 6.67. The van der Waals surface area contributed by atoms with Gasteiger partial charge in [0.15, 0.2) is 0 Å². The number of aryl methyl sites for hydroxylation is 1. The number of aromatic amines is 1. The van der Waals surface area contributed by atoms with Crippen molar-refractivity contribution in [2.24, 2.45) is 0 Å². The van der Waals surface area contributed by atoms with Crippen LogP contribution in [0.2, 0.25) is 0 Å². The van der Waals surface area contributed by atoms with Crippen LogP contribution < -0.4 is 16.6 Å². The van der Waals surface area contributed by atoms with Crippen molar-refractivity contribution < 1.29 is 19.5 Å². The molecule has 0 saturated carbocycles. The first-order chi connectivity index (χ1) is 10.7. The zero-order chi connectivity index (χ0) is 17.6. The second kappa shape index (κ2) is 8.51. The molecule has 0 aliphatic carbocycles. The minimum absolute atomic E-state index is 0. The Morgan fingerprint density at radius 1 is 1.46 bits per heavy atom. The summed E-state index contributed by atoms with van der Waals surface area (Å²) in [5.41, 5.74) is -1.08. The van der Waals surface area contributed by atoms with Gasteiger partial charge in [0, 0.05) is 24.3 Å². The number of hydrogen-bond acceptors (Lipinski definition) is 5. The van der Waals surface area contributed by atoms with Gasteiger partial charge in [-0.05, 0) is 13.8 Å². The molecule has 1 aromatic heterocycles. The third kappa shape index (κ3) is 5.47. The smallest absolute Gasteiger partial charge is 0.328 e. The number of carbonyl (C=O) groups excluding carboxylic acids is 2. The molecule has 0 radical (unpaired) electrons. The third-order valence-electron chi connectivity index (χ3n) is 2.97. The van der Waals surface area contributed by atoms with Crippen LogP contribution in [-0.4, -0.2) is 57.0 Å². The molecule has 11 heteroatoms. The molecule has 0 bridgehead atoms. The van der Waals surface area contributed by atoms with Gasteiger partial charge in [0.1, 0.15) is 13.1 Å². The van der Waals surface area contributed by atoms with E-state index in [1.165, 1.54) is 19.5 Å². The summed E-state index contributed by atoms with van der Waals surface area (Å²) in [6.07, 6.45) is 2.68. The molecule has 1 rings (SSSR count). The molecule has 0 saturated heterocycles. The molecule has 0 aliphatic rings. The summed E-state index contributed by atoms with van der Waals surface area (Å²) in [5, 5.41) is 11.2. The van der Waals surface area contributed by atoms with Crippen LogP contribution >= 0.6 is 0 Å². The fraction of sp³-hybridized carbons (Fsp3) is 0.462. The number of aromatic nitrogens is 2. The Hall–Kier alpha value is -3.91. The molecular formula is C13H17FmN4O6-. The number of carbonyl (C=O) groups is 2. The van der Waals surface area contributed by atoms with Gasteiger partial charge in [0.05, 0.1) is 0 Å². The molecule has 1 heterocycles. The van der Waals surface area contributed by atoms with Crippen molar-refractivity contribution in [3.8, 4) is 0 Å². The van der Waals surface area contributed by atoms with Crippen LogP contribution in [0.3, 0.4) is 0 Å².